The van der Waals surface area contributed by atoms with Gasteiger partial charge in [0.25, 0.3) is 11.4 Å². The largest absolute Gasteiger partial charge is 0.487 e. The highest BCUT2D eigenvalue weighted by molar-refractivity contribution is 5.89. The van der Waals surface area contributed by atoms with Crippen LogP contribution < -0.4 is 15.2 Å². The molecule has 4 heterocycles. The monoisotopic (exact) mass is 459 g/mol. The number of aromatic nitrogens is 3. The fraction of sp³-hybridized carbons (Fsp3) is 0.360. The summed E-state index contributed by atoms with van der Waals surface area (Å²) in [5.74, 6) is 1.63. The summed E-state index contributed by atoms with van der Waals surface area (Å²) in [6, 6.07) is 10.6. The SMILES string of the molecule is [C-]#[N+]c1ccc2c(n1)c(N1CC[C@H](Oc3ccc4oc(C)nc4c3)[C@@H](OCC)C1)cc(=O)n2C. The van der Waals surface area contributed by atoms with E-state index in [1.807, 2.05) is 32.0 Å². The smallest absolute Gasteiger partial charge is 0.270 e. The molecular formula is C25H25N5O4. The highest BCUT2D eigenvalue weighted by Crippen LogP contribution is 2.31. The van der Waals surface area contributed by atoms with Crippen molar-refractivity contribution in [2.24, 2.45) is 7.05 Å². The normalized spacial score (nSPS) is 18.4. The van der Waals surface area contributed by atoms with E-state index in [2.05, 4.69) is 19.7 Å². The van der Waals surface area contributed by atoms with Crippen LogP contribution in [0.5, 0.6) is 5.75 Å². The van der Waals surface area contributed by atoms with Gasteiger partial charge in [0.05, 0.1) is 11.2 Å². The molecule has 0 unspecified atom stereocenters. The first-order chi connectivity index (χ1) is 16.5. The Hall–Kier alpha value is -3.90. The lowest BCUT2D eigenvalue weighted by Crippen LogP contribution is -2.50. The standard InChI is InChI=1S/C25H25N5O4/c1-5-32-22-14-30(19-13-24(31)29(4)18-7-9-23(26-3)28-25(18)19)11-10-21(22)34-16-6-8-20-17(12-16)27-15(2)33-20/h6-9,12-13,21-22H,5,10-11,14H2,1-2,4H3/t21-,22-/m0/s1. The fourth-order valence-electron chi connectivity index (χ4n) is 4.50. The number of rotatable bonds is 5. The molecule has 174 valence electrons. The van der Waals surface area contributed by atoms with Crippen LogP contribution in [0.2, 0.25) is 0 Å². The summed E-state index contributed by atoms with van der Waals surface area (Å²) in [6.07, 6.45) is 0.322. The summed E-state index contributed by atoms with van der Waals surface area (Å²) in [4.78, 5) is 27.1. The second-order valence-corrected chi connectivity index (χ2v) is 8.32. The van der Waals surface area contributed by atoms with Gasteiger partial charge in [-0.05, 0) is 31.2 Å². The van der Waals surface area contributed by atoms with Crippen LogP contribution in [-0.2, 0) is 11.8 Å². The number of pyridine rings is 2. The van der Waals surface area contributed by atoms with Crippen molar-refractivity contribution in [3.63, 3.8) is 0 Å². The van der Waals surface area contributed by atoms with E-state index in [1.165, 1.54) is 0 Å². The summed E-state index contributed by atoms with van der Waals surface area (Å²) in [7, 11) is 1.71. The van der Waals surface area contributed by atoms with E-state index in [-0.39, 0.29) is 17.8 Å². The predicted molar refractivity (Wildman–Crippen MR) is 129 cm³/mol. The molecule has 0 aliphatic carbocycles. The molecule has 0 saturated carbocycles. The van der Waals surface area contributed by atoms with Crippen molar-refractivity contribution in [3.8, 4) is 5.75 Å². The van der Waals surface area contributed by atoms with Gasteiger partial charge in [-0.1, -0.05) is 6.57 Å². The molecular weight excluding hydrogens is 434 g/mol. The van der Waals surface area contributed by atoms with Crippen LogP contribution in [0.1, 0.15) is 19.2 Å². The molecule has 1 aromatic carbocycles. The molecule has 0 spiro atoms. The Morgan fingerprint density at radius 3 is 2.85 bits per heavy atom. The quantitative estimate of drug-likeness (QED) is 0.417. The van der Waals surface area contributed by atoms with E-state index in [1.54, 1.807) is 29.8 Å². The molecule has 2 atom stereocenters. The van der Waals surface area contributed by atoms with Crippen LogP contribution in [0.15, 0.2) is 45.6 Å². The maximum absolute atomic E-state index is 12.7. The number of fused-ring (bicyclic) bond motifs is 2. The molecule has 1 aliphatic rings. The van der Waals surface area contributed by atoms with Crippen LogP contribution in [0.4, 0.5) is 11.5 Å². The zero-order chi connectivity index (χ0) is 23.8. The Labute approximate surface area is 196 Å². The minimum absolute atomic E-state index is 0.123. The molecule has 4 aromatic rings. The second kappa shape index (κ2) is 8.80. The van der Waals surface area contributed by atoms with Crippen molar-refractivity contribution >= 4 is 33.6 Å². The van der Waals surface area contributed by atoms with Gasteiger partial charge in [-0.3, -0.25) is 4.79 Å². The van der Waals surface area contributed by atoms with E-state index >= 15 is 0 Å². The topological polar surface area (TPSA) is 87.0 Å². The first kappa shape index (κ1) is 21.9. The Morgan fingerprint density at radius 1 is 1.21 bits per heavy atom. The van der Waals surface area contributed by atoms with Gasteiger partial charge in [0.1, 0.15) is 23.5 Å². The number of ether oxygens (including phenoxy) is 2. The molecule has 0 radical (unpaired) electrons. The molecule has 1 saturated heterocycles. The van der Waals surface area contributed by atoms with Crippen LogP contribution in [0.25, 0.3) is 27.0 Å². The number of aryl methyl sites for hydroxylation is 2. The molecule has 34 heavy (non-hydrogen) atoms. The average molecular weight is 460 g/mol. The van der Waals surface area contributed by atoms with E-state index < -0.39 is 0 Å². The Kier molecular flexibility index (Phi) is 5.67. The molecule has 1 fully saturated rings. The second-order valence-electron chi connectivity index (χ2n) is 8.32. The summed E-state index contributed by atoms with van der Waals surface area (Å²) < 4.78 is 19.5. The van der Waals surface area contributed by atoms with Crippen LogP contribution in [0.3, 0.4) is 0 Å². The molecule has 1 aliphatic heterocycles. The van der Waals surface area contributed by atoms with Gasteiger partial charge >= 0.3 is 0 Å². The number of hydrogen-bond acceptors (Lipinski definition) is 7. The van der Waals surface area contributed by atoms with Crippen molar-refractivity contribution in [3.05, 3.63) is 64.1 Å². The predicted octanol–water partition coefficient (Wildman–Crippen LogP) is 4.00. The van der Waals surface area contributed by atoms with Crippen LogP contribution in [0, 0.1) is 13.5 Å². The fourth-order valence-corrected chi connectivity index (χ4v) is 4.50. The minimum atomic E-state index is -0.211. The van der Waals surface area contributed by atoms with Crippen molar-refractivity contribution in [2.45, 2.75) is 32.5 Å². The van der Waals surface area contributed by atoms with Crippen LogP contribution in [-0.4, -0.2) is 46.4 Å². The van der Waals surface area contributed by atoms with E-state index in [0.717, 1.165) is 11.1 Å². The Morgan fingerprint density at radius 2 is 2.06 bits per heavy atom. The van der Waals surface area contributed by atoms with E-state index in [0.29, 0.717) is 60.3 Å². The average Bonchev–Trinajstić information content (AvgIpc) is 3.21. The van der Waals surface area contributed by atoms with Gasteiger partial charge in [0, 0.05) is 52.2 Å². The highest BCUT2D eigenvalue weighted by Gasteiger charge is 2.33. The van der Waals surface area contributed by atoms with Crippen molar-refractivity contribution in [2.75, 3.05) is 24.6 Å². The van der Waals surface area contributed by atoms with Crippen molar-refractivity contribution in [1.29, 1.82) is 0 Å². The number of nitrogens with zero attached hydrogens (tertiary/aromatic N) is 5. The van der Waals surface area contributed by atoms with Gasteiger partial charge in [-0.15, -0.1) is 4.98 Å². The highest BCUT2D eigenvalue weighted by atomic mass is 16.5. The van der Waals surface area contributed by atoms with Gasteiger partial charge in [-0.2, -0.15) is 0 Å². The van der Waals surface area contributed by atoms with Gasteiger partial charge < -0.3 is 28.2 Å². The molecule has 9 nitrogen and oxygen atoms in total. The molecule has 0 bridgehead atoms. The molecule has 0 N–H and O–H groups in total. The lowest BCUT2D eigenvalue weighted by molar-refractivity contribution is -0.0279. The number of anilines is 1. The molecule has 5 rings (SSSR count). The first-order valence-electron chi connectivity index (χ1n) is 11.3. The van der Waals surface area contributed by atoms with Gasteiger partial charge in [0.15, 0.2) is 11.5 Å². The summed E-state index contributed by atoms with van der Waals surface area (Å²) in [5, 5.41) is 0. The Bertz CT molecular complexity index is 1470. The third kappa shape index (κ3) is 3.97. The minimum Gasteiger partial charge on any atom is -0.487 e. The van der Waals surface area contributed by atoms with E-state index in [9.17, 15) is 4.79 Å². The maximum Gasteiger partial charge on any atom is 0.270 e. The number of oxazole rings is 1. The summed E-state index contributed by atoms with van der Waals surface area (Å²) in [6.45, 7) is 12.8. The zero-order valence-corrected chi connectivity index (χ0v) is 19.3. The zero-order valence-electron chi connectivity index (χ0n) is 19.3. The summed E-state index contributed by atoms with van der Waals surface area (Å²) in [5.41, 5.74) is 3.40. The van der Waals surface area contributed by atoms with Crippen molar-refractivity contribution < 1.29 is 13.9 Å². The number of piperidine rings is 1. The first-order valence-corrected chi connectivity index (χ1v) is 11.3. The third-order valence-corrected chi connectivity index (χ3v) is 6.14. The van der Waals surface area contributed by atoms with E-state index in [4.69, 9.17) is 20.5 Å². The molecule has 3 aromatic heterocycles. The van der Waals surface area contributed by atoms with Gasteiger partial charge in [-0.25, -0.2) is 4.98 Å². The lowest BCUT2D eigenvalue weighted by Gasteiger charge is -2.39. The van der Waals surface area contributed by atoms with Crippen molar-refractivity contribution in [1.82, 2.24) is 14.5 Å². The Balaban J connectivity index is 1.44. The number of benzene rings is 1. The lowest BCUT2D eigenvalue weighted by atomic mass is 10.0. The molecule has 0 amide bonds. The number of hydrogen-bond donors (Lipinski definition) is 0. The van der Waals surface area contributed by atoms with Crippen LogP contribution >= 0.6 is 0 Å². The third-order valence-electron chi connectivity index (χ3n) is 6.14. The van der Waals surface area contributed by atoms with Gasteiger partial charge in [0.2, 0.25) is 5.52 Å². The maximum atomic E-state index is 12.7. The summed E-state index contributed by atoms with van der Waals surface area (Å²) >= 11 is 0. The molecule has 9 heteroatoms.